The SMILES string of the molecule is CN(C)/C=C(\Br)C(=O)c1ccccc1. The zero-order valence-electron chi connectivity index (χ0n) is 8.20. The molecule has 0 fully saturated rings. The minimum Gasteiger partial charge on any atom is -0.382 e. The normalized spacial score (nSPS) is 11.2. The van der Waals surface area contributed by atoms with Gasteiger partial charge in [-0.25, -0.2) is 0 Å². The molecule has 0 aromatic heterocycles. The first-order chi connectivity index (χ1) is 6.61. The standard InChI is InChI=1S/C11H12BrNO/c1-13(2)8-10(12)11(14)9-6-4-3-5-7-9/h3-8H,1-2H3/b10-8-. The number of hydrogen-bond donors (Lipinski definition) is 0. The monoisotopic (exact) mass is 253 g/mol. The van der Waals surface area contributed by atoms with E-state index in [4.69, 9.17) is 0 Å². The van der Waals surface area contributed by atoms with Crippen molar-refractivity contribution in [2.45, 2.75) is 0 Å². The van der Waals surface area contributed by atoms with Crippen molar-refractivity contribution in [2.75, 3.05) is 14.1 Å². The average Bonchev–Trinajstić information content (AvgIpc) is 2.17. The van der Waals surface area contributed by atoms with E-state index < -0.39 is 0 Å². The summed E-state index contributed by atoms with van der Waals surface area (Å²) >= 11 is 3.25. The molecule has 0 aliphatic rings. The molecule has 1 rings (SSSR count). The van der Waals surface area contributed by atoms with Crippen LogP contribution in [0.2, 0.25) is 0 Å². The lowest BCUT2D eigenvalue weighted by atomic mass is 10.1. The summed E-state index contributed by atoms with van der Waals surface area (Å²) in [5, 5.41) is 0. The maximum absolute atomic E-state index is 11.7. The molecule has 0 saturated heterocycles. The van der Waals surface area contributed by atoms with Gasteiger partial charge in [-0.05, 0) is 15.9 Å². The predicted octanol–water partition coefficient (Wildman–Crippen LogP) is 2.67. The molecule has 0 spiro atoms. The van der Waals surface area contributed by atoms with Crippen LogP contribution >= 0.6 is 15.9 Å². The van der Waals surface area contributed by atoms with Crippen molar-refractivity contribution >= 4 is 21.7 Å². The van der Waals surface area contributed by atoms with E-state index in [2.05, 4.69) is 15.9 Å². The van der Waals surface area contributed by atoms with Gasteiger partial charge in [-0.15, -0.1) is 0 Å². The second-order valence-corrected chi connectivity index (χ2v) is 3.99. The number of Topliss-reactive ketones (excluding diaryl/α,β-unsaturated/α-hetero) is 1. The molecule has 0 unspecified atom stereocenters. The van der Waals surface area contributed by atoms with Crippen LogP contribution in [0, 0.1) is 0 Å². The Balaban J connectivity index is 2.87. The van der Waals surface area contributed by atoms with Gasteiger partial charge >= 0.3 is 0 Å². The van der Waals surface area contributed by atoms with Gasteiger partial charge in [-0.3, -0.25) is 4.79 Å². The highest BCUT2D eigenvalue weighted by Gasteiger charge is 2.08. The number of ketones is 1. The molecule has 1 aromatic rings. The van der Waals surface area contributed by atoms with Crippen molar-refractivity contribution < 1.29 is 4.79 Å². The van der Waals surface area contributed by atoms with Crippen molar-refractivity contribution in [2.24, 2.45) is 0 Å². The van der Waals surface area contributed by atoms with Crippen LogP contribution in [0.25, 0.3) is 0 Å². The fourth-order valence-corrected chi connectivity index (χ4v) is 1.65. The number of halogens is 1. The number of carbonyl (C=O) groups is 1. The molecule has 0 saturated carbocycles. The molecule has 74 valence electrons. The van der Waals surface area contributed by atoms with Crippen LogP contribution in [0.5, 0.6) is 0 Å². The van der Waals surface area contributed by atoms with Crippen LogP contribution in [0.3, 0.4) is 0 Å². The fourth-order valence-electron chi connectivity index (χ4n) is 1.01. The Bertz CT molecular complexity index is 344. The van der Waals surface area contributed by atoms with Crippen LogP contribution in [-0.4, -0.2) is 24.8 Å². The average molecular weight is 254 g/mol. The van der Waals surface area contributed by atoms with Gasteiger partial charge < -0.3 is 4.90 Å². The Labute approximate surface area is 92.4 Å². The van der Waals surface area contributed by atoms with E-state index in [1.54, 1.807) is 18.3 Å². The highest BCUT2D eigenvalue weighted by atomic mass is 79.9. The number of rotatable bonds is 3. The van der Waals surface area contributed by atoms with Crippen molar-refractivity contribution in [3.63, 3.8) is 0 Å². The largest absolute Gasteiger partial charge is 0.382 e. The molecule has 0 N–H and O–H groups in total. The van der Waals surface area contributed by atoms with E-state index in [0.29, 0.717) is 10.0 Å². The molecule has 2 nitrogen and oxygen atoms in total. The molecule has 14 heavy (non-hydrogen) atoms. The van der Waals surface area contributed by atoms with Gasteiger partial charge in [-0.1, -0.05) is 30.3 Å². The Kier molecular flexibility index (Phi) is 3.89. The summed E-state index contributed by atoms with van der Waals surface area (Å²) in [4.78, 5) is 13.6. The molecule has 3 heteroatoms. The molecule has 0 atom stereocenters. The summed E-state index contributed by atoms with van der Waals surface area (Å²) in [6, 6.07) is 9.19. The molecule has 0 radical (unpaired) electrons. The highest BCUT2D eigenvalue weighted by molar-refractivity contribution is 9.12. The second kappa shape index (κ2) is 4.96. The number of hydrogen-bond acceptors (Lipinski definition) is 2. The van der Waals surface area contributed by atoms with Gasteiger partial charge in [0.15, 0.2) is 0 Å². The lowest BCUT2D eigenvalue weighted by molar-refractivity contribution is 0.104. The molecular weight excluding hydrogens is 242 g/mol. The Morgan fingerprint density at radius 3 is 2.36 bits per heavy atom. The maximum Gasteiger partial charge on any atom is 0.201 e. The van der Waals surface area contributed by atoms with Gasteiger partial charge in [0.1, 0.15) is 0 Å². The van der Waals surface area contributed by atoms with Gasteiger partial charge in [0, 0.05) is 25.9 Å². The highest BCUT2D eigenvalue weighted by Crippen LogP contribution is 2.13. The lowest BCUT2D eigenvalue weighted by Crippen LogP contribution is -2.06. The number of nitrogens with zero attached hydrogens (tertiary/aromatic N) is 1. The minimum atomic E-state index is -0.000648. The first-order valence-electron chi connectivity index (χ1n) is 4.25. The molecule has 0 heterocycles. The third-order valence-electron chi connectivity index (χ3n) is 1.62. The summed E-state index contributed by atoms with van der Waals surface area (Å²) in [5.74, 6) is -0.000648. The van der Waals surface area contributed by atoms with E-state index in [-0.39, 0.29) is 5.78 Å². The van der Waals surface area contributed by atoms with Gasteiger partial charge in [0.05, 0.1) is 4.48 Å². The van der Waals surface area contributed by atoms with Gasteiger partial charge in [0.2, 0.25) is 5.78 Å². The van der Waals surface area contributed by atoms with Crippen molar-refractivity contribution in [3.8, 4) is 0 Å². The van der Waals surface area contributed by atoms with Crippen molar-refractivity contribution in [1.82, 2.24) is 4.90 Å². The number of carbonyl (C=O) groups excluding carboxylic acids is 1. The van der Waals surface area contributed by atoms with E-state index >= 15 is 0 Å². The number of benzene rings is 1. The van der Waals surface area contributed by atoms with Crippen LogP contribution in [0.1, 0.15) is 10.4 Å². The molecule has 0 bridgehead atoms. The summed E-state index contributed by atoms with van der Waals surface area (Å²) in [7, 11) is 3.75. The van der Waals surface area contributed by atoms with Crippen molar-refractivity contribution in [1.29, 1.82) is 0 Å². The Hall–Kier alpha value is -1.09. The van der Waals surface area contributed by atoms with E-state index in [1.165, 1.54) is 0 Å². The van der Waals surface area contributed by atoms with E-state index in [0.717, 1.165) is 0 Å². The molecule has 0 aliphatic heterocycles. The van der Waals surface area contributed by atoms with Crippen LogP contribution in [0.15, 0.2) is 41.0 Å². The second-order valence-electron chi connectivity index (χ2n) is 3.14. The summed E-state index contributed by atoms with van der Waals surface area (Å²) in [5.41, 5.74) is 0.692. The quantitative estimate of drug-likeness (QED) is 0.610. The summed E-state index contributed by atoms with van der Waals surface area (Å²) < 4.78 is 0.564. The van der Waals surface area contributed by atoms with Gasteiger partial charge in [-0.2, -0.15) is 0 Å². The summed E-state index contributed by atoms with van der Waals surface area (Å²) in [6.45, 7) is 0. The zero-order valence-corrected chi connectivity index (χ0v) is 9.78. The lowest BCUT2D eigenvalue weighted by Gasteiger charge is -2.06. The first-order valence-corrected chi connectivity index (χ1v) is 5.04. The van der Waals surface area contributed by atoms with E-state index in [1.807, 2.05) is 37.2 Å². The maximum atomic E-state index is 11.7. The minimum absolute atomic E-state index is 0.000648. The third kappa shape index (κ3) is 3.00. The fraction of sp³-hybridized carbons (Fsp3) is 0.182. The molecule has 0 aliphatic carbocycles. The first kappa shape index (κ1) is 11.0. The molecule has 0 amide bonds. The molecular formula is C11H12BrNO. The zero-order chi connectivity index (χ0) is 10.6. The smallest absolute Gasteiger partial charge is 0.201 e. The summed E-state index contributed by atoms with van der Waals surface area (Å²) in [6.07, 6.45) is 1.75. The Morgan fingerprint density at radius 1 is 1.29 bits per heavy atom. The van der Waals surface area contributed by atoms with E-state index in [9.17, 15) is 4.79 Å². The van der Waals surface area contributed by atoms with Crippen LogP contribution < -0.4 is 0 Å². The predicted molar refractivity (Wildman–Crippen MR) is 61.5 cm³/mol. The van der Waals surface area contributed by atoms with Crippen LogP contribution in [-0.2, 0) is 0 Å². The van der Waals surface area contributed by atoms with Crippen LogP contribution in [0.4, 0.5) is 0 Å². The third-order valence-corrected chi connectivity index (χ3v) is 2.19. The molecule has 1 aromatic carbocycles. The van der Waals surface area contributed by atoms with Gasteiger partial charge in [0.25, 0.3) is 0 Å². The van der Waals surface area contributed by atoms with Crippen molar-refractivity contribution in [3.05, 3.63) is 46.6 Å². The topological polar surface area (TPSA) is 20.3 Å². The number of allylic oxidation sites excluding steroid dienone is 1. The Morgan fingerprint density at radius 2 is 1.86 bits per heavy atom.